The van der Waals surface area contributed by atoms with Gasteiger partial charge in [-0.15, -0.1) is 5.06 Å². The molecule has 0 aromatic heterocycles. The molecule has 6 heteroatoms. The average Bonchev–Trinajstić information content (AvgIpc) is 2.97. The SMILES string of the molecule is Cc1ccc(N2CCN(CCCON3C(=O)c4ccccc4C3=O)CC2)cc1. The van der Waals surface area contributed by atoms with E-state index in [0.717, 1.165) is 44.2 Å². The van der Waals surface area contributed by atoms with Gasteiger partial charge in [0.2, 0.25) is 0 Å². The second-order valence-electron chi connectivity index (χ2n) is 7.30. The Morgan fingerprint density at radius 3 is 2.07 bits per heavy atom. The smallest absolute Gasteiger partial charge is 0.285 e. The third kappa shape index (κ3) is 3.79. The van der Waals surface area contributed by atoms with E-state index in [-0.39, 0.29) is 11.8 Å². The van der Waals surface area contributed by atoms with Crippen LogP contribution in [0.3, 0.4) is 0 Å². The van der Waals surface area contributed by atoms with Gasteiger partial charge in [-0.05, 0) is 37.6 Å². The van der Waals surface area contributed by atoms with Crippen LogP contribution in [0.5, 0.6) is 0 Å². The molecule has 1 saturated heterocycles. The Hall–Kier alpha value is -2.70. The molecule has 0 atom stereocenters. The van der Waals surface area contributed by atoms with Crippen molar-refractivity contribution >= 4 is 17.5 Å². The molecule has 0 N–H and O–H groups in total. The molecule has 0 spiro atoms. The van der Waals surface area contributed by atoms with Gasteiger partial charge in [-0.1, -0.05) is 29.8 Å². The molecule has 4 rings (SSSR count). The van der Waals surface area contributed by atoms with Crippen LogP contribution in [0.25, 0.3) is 0 Å². The number of fused-ring (bicyclic) bond motifs is 1. The van der Waals surface area contributed by atoms with E-state index in [1.165, 1.54) is 11.3 Å². The predicted octanol–water partition coefficient (Wildman–Crippen LogP) is 2.73. The lowest BCUT2D eigenvalue weighted by Crippen LogP contribution is -2.46. The highest BCUT2D eigenvalue weighted by molar-refractivity contribution is 6.20. The molecule has 2 aliphatic heterocycles. The molecular formula is C22H25N3O3. The summed E-state index contributed by atoms with van der Waals surface area (Å²) in [6.45, 7) is 7.35. The van der Waals surface area contributed by atoms with E-state index in [0.29, 0.717) is 17.7 Å². The number of benzene rings is 2. The van der Waals surface area contributed by atoms with Crippen LogP contribution in [-0.4, -0.2) is 61.1 Å². The monoisotopic (exact) mass is 379 g/mol. The number of nitrogens with zero attached hydrogens (tertiary/aromatic N) is 3. The van der Waals surface area contributed by atoms with Crippen molar-refractivity contribution in [2.45, 2.75) is 13.3 Å². The van der Waals surface area contributed by atoms with Crippen LogP contribution in [0.2, 0.25) is 0 Å². The summed E-state index contributed by atoms with van der Waals surface area (Å²) in [6, 6.07) is 15.5. The number of carbonyl (C=O) groups is 2. The van der Waals surface area contributed by atoms with Gasteiger partial charge in [-0.3, -0.25) is 19.3 Å². The van der Waals surface area contributed by atoms with E-state index < -0.39 is 0 Å². The van der Waals surface area contributed by atoms with Crippen LogP contribution in [0.15, 0.2) is 48.5 Å². The number of hydrogen-bond donors (Lipinski definition) is 0. The van der Waals surface area contributed by atoms with Gasteiger partial charge in [0.05, 0.1) is 17.7 Å². The molecule has 2 aromatic rings. The molecular weight excluding hydrogens is 354 g/mol. The van der Waals surface area contributed by atoms with Gasteiger partial charge >= 0.3 is 0 Å². The molecule has 146 valence electrons. The first-order valence-corrected chi connectivity index (χ1v) is 9.78. The normalized spacial score (nSPS) is 17.3. The van der Waals surface area contributed by atoms with Crippen molar-refractivity contribution in [3.05, 3.63) is 65.2 Å². The maximum absolute atomic E-state index is 12.3. The van der Waals surface area contributed by atoms with Crippen molar-refractivity contribution in [1.29, 1.82) is 0 Å². The summed E-state index contributed by atoms with van der Waals surface area (Å²) in [5.41, 5.74) is 3.39. The van der Waals surface area contributed by atoms with E-state index in [4.69, 9.17) is 4.84 Å². The quantitative estimate of drug-likeness (QED) is 0.571. The lowest BCUT2D eigenvalue weighted by atomic mass is 10.1. The average molecular weight is 379 g/mol. The zero-order valence-electron chi connectivity index (χ0n) is 16.1. The summed E-state index contributed by atoms with van der Waals surface area (Å²) in [6.07, 6.45) is 0.776. The van der Waals surface area contributed by atoms with E-state index in [1.807, 2.05) is 0 Å². The van der Waals surface area contributed by atoms with Crippen LogP contribution in [0, 0.1) is 6.92 Å². The molecule has 2 aromatic carbocycles. The number of amides is 2. The highest BCUT2D eigenvalue weighted by Crippen LogP contribution is 2.22. The van der Waals surface area contributed by atoms with Crippen molar-refractivity contribution < 1.29 is 14.4 Å². The second kappa shape index (κ2) is 8.12. The largest absolute Gasteiger partial charge is 0.369 e. The first-order valence-electron chi connectivity index (χ1n) is 9.78. The number of rotatable bonds is 6. The Kier molecular flexibility index (Phi) is 5.41. The van der Waals surface area contributed by atoms with E-state index >= 15 is 0 Å². The van der Waals surface area contributed by atoms with Crippen LogP contribution >= 0.6 is 0 Å². The van der Waals surface area contributed by atoms with Crippen LogP contribution in [0.1, 0.15) is 32.7 Å². The number of carbonyl (C=O) groups excluding carboxylic acids is 2. The Balaban J connectivity index is 1.19. The van der Waals surface area contributed by atoms with Gasteiger partial charge in [0.1, 0.15) is 0 Å². The van der Waals surface area contributed by atoms with E-state index in [9.17, 15) is 9.59 Å². The number of anilines is 1. The Morgan fingerprint density at radius 2 is 1.46 bits per heavy atom. The molecule has 0 unspecified atom stereocenters. The van der Waals surface area contributed by atoms with E-state index in [2.05, 4.69) is 41.0 Å². The van der Waals surface area contributed by atoms with Crippen LogP contribution in [-0.2, 0) is 4.84 Å². The predicted molar refractivity (Wildman–Crippen MR) is 107 cm³/mol. The minimum Gasteiger partial charge on any atom is -0.369 e. The van der Waals surface area contributed by atoms with Gasteiger partial charge in [0.15, 0.2) is 0 Å². The zero-order valence-corrected chi connectivity index (χ0v) is 16.1. The number of piperazine rings is 1. The molecule has 0 radical (unpaired) electrons. The second-order valence-corrected chi connectivity index (χ2v) is 7.30. The summed E-state index contributed by atoms with van der Waals surface area (Å²) in [5, 5.41) is 0.903. The Morgan fingerprint density at radius 1 is 0.857 bits per heavy atom. The summed E-state index contributed by atoms with van der Waals surface area (Å²) in [5.74, 6) is -0.736. The topological polar surface area (TPSA) is 53.1 Å². The van der Waals surface area contributed by atoms with Gasteiger partial charge in [-0.2, -0.15) is 0 Å². The maximum atomic E-state index is 12.3. The standard InChI is InChI=1S/C22H25N3O3/c1-17-7-9-18(10-8-17)24-14-12-23(13-15-24)11-4-16-28-25-21(26)19-5-2-3-6-20(19)22(25)27/h2-3,5-10H,4,11-16H2,1H3. The minimum atomic E-state index is -0.368. The van der Waals surface area contributed by atoms with Crippen molar-refractivity contribution in [3.63, 3.8) is 0 Å². The Labute approximate surface area is 165 Å². The summed E-state index contributed by atoms with van der Waals surface area (Å²) < 4.78 is 0. The number of hydrogen-bond acceptors (Lipinski definition) is 5. The molecule has 0 bridgehead atoms. The first kappa shape index (κ1) is 18.7. The fraction of sp³-hybridized carbons (Fsp3) is 0.364. The highest BCUT2D eigenvalue weighted by atomic mass is 16.7. The lowest BCUT2D eigenvalue weighted by molar-refractivity contribution is -0.0930. The van der Waals surface area contributed by atoms with Crippen molar-refractivity contribution in [2.75, 3.05) is 44.2 Å². The molecule has 28 heavy (non-hydrogen) atoms. The van der Waals surface area contributed by atoms with Crippen LogP contribution in [0.4, 0.5) is 5.69 Å². The molecule has 0 saturated carbocycles. The number of imide groups is 1. The number of hydroxylamine groups is 2. The number of aryl methyl sites for hydroxylation is 1. The zero-order chi connectivity index (χ0) is 19.5. The van der Waals surface area contributed by atoms with Gasteiger partial charge in [-0.25, -0.2) is 0 Å². The lowest BCUT2D eigenvalue weighted by Gasteiger charge is -2.36. The minimum absolute atomic E-state index is 0.351. The van der Waals surface area contributed by atoms with Crippen molar-refractivity contribution in [3.8, 4) is 0 Å². The fourth-order valence-electron chi connectivity index (χ4n) is 3.71. The molecule has 6 nitrogen and oxygen atoms in total. The molecule has 0 aliphatic carbocycles. The molecule has 1 fully saturated rings. The molecule has 2 heterocycles. The molecule has 2 amide bonds. The van der Waals surface area contributed by atoms with Crippen molar-refractivity contribution in [1.82, 2.24) is 9.96 Å². The van der Waals surface area contributed by atoms with Gasteiger partial charge in [0.25, 0.3) is 11.8 Å². The van der Waals surface area contributed by atoms with Gasteiger partial charge < -0.3 is 4.90 Å². The molecule has 2 aliphatic rings. The maximum Gasteiger partial charge on any atom is 0.285 e. The first-order chi connectivity index (χ1) is 13.6. The van der Waals surface area contributed by atoms with Crippen LogP contribution < -0.4 is 4.90 Å². The fourth-order valence-corrected chi connectivity index (χ4v) is 3.71. The van der Waals surface area contributed by atoms with Crippen molar-refractivity contribution in [2.24, 2.45) is 0 Å². The Bertz CT molecular complexity index is 823. The highest BCUT2D eigenvalue weighted by Gasteiger charge is 2.36. The third-order valence-corrected chi connectivity index (χ3v) is 5.37. The third-order valence-electron chi connectivity index (χ3n) is 5.37. The summed E-state index contributed by atoms with van der Waals surface area (Å²) >= 11 is 0. The van der Waals surface area contributed by atoms with Gasteiger partial charge in [0, 0.05) is 38.4 Å². The summed E-state index contributed by atoms with van der Waals surface area (Å²) in [7, 11) is 0. The van der Waals surface area contributed by atoms with E-state index in [1.54, 1.807) is 24.3 Å². The summed E-state index contributed by atoms with van der Waals surface area (Å²) in [4.78, 5) is 34.8.